The molecule has 0 aliphatic rings. The fraction of sp³-hybridized carbons (Fsp3) is 0.357. The zero-order chi connectivity index (χ0) is 16.1. The summed E-state index contributed by atoms with van der Waals surface area (Å²) >= 11 is 4.67. The number of aromatic nitrogens is 3. The van der Waals surface area contributed by atoms with E-state index < -0.39 is 0 Å². The Bertz CT molecular complexity index is 645. The molecule has 1 heterocycles. The molecule has 0 radical (unpaired) electrons. The Balaban J connectivity index is 2.13. The van der Waals surface area contributed by atoms with Crippen LogP contribution in [0.4, 0.5) is 0 Å². The van der Waals surface area contributed by atoms with Crippen LogP contribution in [0.15, 0.2) is 33.9 Å². The lowest BCUT2D eigenvalue weighted by Gasteiger charge is -2.15. The SMILES string of the molecule is CCn1c(SCC(N)=O)nnc1C(C)Oc1ccc(Br)cc1. The monoisotopic (exact) mass is 384 g/mol. The van der Waals surface area contributed by atoms with Crippen molar-refractivity contribution < 1.29 is 9.53 Å². The number of nitrogens with zero attached hydrogens (tertiary/aromatic N) is 3. The molecule has 118 valence electrons. The number of hydrogen-bond acceptors (Lipinski definition) is 5. The van der Waals surface area contributed by atoms with Crippen molar-refractivity contribution in [3.8, 4) is 5.75 Å². The summed E-state index contributed by atoms with van der Waals surface area (Å²) in [5, 5.41) is 8.97. The van der Waals surface area contributed by atoms with Crippen LogP contribution in [0.25, 0.3) is 0 Å². The Morgan fingerprint density at radius 3 is 2.68 bits per heavy atom. The normalized spacial score (nSPS) is 12.1. The third-order valence-corrected chi connectivity index (χ3v) is 4.41. The van der Waals surface area contributed by atoms with Crippen LogP contribution in [-0.4, -0.2) is 26.4 Å². The van der Waals surface area contributed by atoms with E-state index >= 15 is 0 Å². The Kier molecular flexibility index (Phi) is 5.84. The molecule has 0 spiro atoms. The maximum atomic E-state index is 10.9. The quantitative estimate of drug-likeness (QED) is 0.741. The molecule has 1 aromatic carbocycles. The second kappa shape index (κ2) is 7.64. The van der Waals surface area contributed by atoms with Gasteiger partial charge in [0.2, 0.25) is 5.91 Å². The highest BCUT2D eigenvalue weighted by atomic mass is 79.9. The summed E-state index contributed by atoms with van der Waals surface area (Å²) in [6.45, 7) is 4.60. The van der Waals surface area contributed by atoms with Gasteiger partial charge in [0, 0.05) is 11.0 Å². The molecule has 1 amide bonds. The van der Waals surface area contributed by atoms with Crippen molar-refractivity contribution in [2.45, 2.75) is 31.7 Å². The van der Waals surface area contributed by atoms with E-state index in [9.17, 15) is 4.79 Å². The van der Waals surface area contributed by atoms with E-state index in [1.165, 1.54) is 11.8 Å². The van der Waals surface area contributed by atoms with Gasteiger partial charge in [-0.15, -0.1) is 10.2 Å². The van der Waals surface area contributed by atoms with Crippen molar-refractivity contribution in [2.24, 2.45) is 5.73 Å². The molecule has 0 aliphatic heterocycles. The lowest BCUT2D eigenvalue weighted by atomic mass is 10.3. The van der Waals surface area contributed by atoms with Crippen molar-refractivity contribution in [1.29, 1.82) is 0 Å². The number of hydrogen-bond donors (Lipinski definition) is 1. The first kappa shape index (κ1) is 16.8. The van der Waals surface area contributed by atoms with Crippen LogP contribution < -0.4 is 10.5 Å². The van der Waals surface area contributed by atoms with Gasteiger partial charge in [-0.2, -0.15) is 0 Å². The van der Waals surface area contributed by atoms with E-state index in [0.717, 1.165) is 16.0 Å². The standard InChI is InChI=1S/C14H17BrN4O2S/c1-3-19-13(17-18-14(19)22-8-12(16)20)9(2)21-11-6-4-10(15)5-7-11/h4-7,9H,3,8H2,1-2H3,(H2,16,20). The number of primary amides is 1. The number of amides is 1. The van der Waals surface area contributed by atoms with Gasteiger partial charge in [-0.05, 0) is 38.1 Å². The lowest BCUT2D eigenvalue weighted by molar-refractivity contribution is -0.115. The predicted molar refractivity (Wildman–Crippen MR) is 88.8 cm³/mol. The molecule has 0 bridgehead atoms. The number of thioether (sulfide) groups is 1. The van der Waals surface area contributed by atoms with E-state index in [2.05, 4.69) is 26.1 Å². The molecular weight excluding hydrogens is 368 g/mol. The molecule has 0 aliphatic carbocycles. The van der Waals surface area contributed by atoms with Gasteiger partial charge in [-0.25, -0.2) is 0 Å². The van der Waals surface area contributed by atoms with Gasteiger partial charge in [-0.3, -0.25) is 4.79 Å². The van der Waals surface area contributed by atoms with Gasteiger partial charge in [0.05, 0.1) is 5.75 Å². The molecule has 8 heteroatoms. The van der Waals surface area contributed by atoms with Crippen LogP contribution in [0, 0.1) is 0 Å². The topological polar surface area (TPSA) is 83.0 Å². The third kappa shape index (κ3) is 4.23. The highest BCUT2D eigenvalue weighted by Gasteiger charge is 2.19. The molecule has 0 saturated carbocycles. The number of benzene rings is 1. The molecule has 2 rings (SSSR count). The fourth-order valence-electron chi connectivity index (χ4n) is 1.91. The van der Waals surface area contributed by atoms with Crippen molar-refractivity contribution >= 4 is 33.6 Å². The maximum absolute atomic E-state index is 10.9. The average Bonchev–Trinajstić information content (AvgIpc) is 2.90. The van der Waals surface area contributed by atoms with Crippen LogP contribution in [-0.2, 0) is 11.3 Å². The minimum absolute atomic E-state index is 0.181. The van der Waals surface area contributed by atoms with Crippen molar-refractivity contribution in [3.63, 3.8) is 0 Å². The number of rotatable bonds is 7. The Morgan fingerprint density at radius 1 is 1.41 bits per heavy atom. The fourth-order valence-corrected chi connectivity index (χ4v) is 2.92. The molecule has 1 unspecified atom stereocenters. The number of carbonyl (C=O) groups excluding carboxylic acids is 1. The maximum Gasteiger partial charge on any atom is 0.227 e. The van der Waals surface area contributed by atoms with Crippen LogP contribution in [0.3, 0.4) is 0 Å². The summed E-state index contributed by atoms with van der Waals surface area (Å²) in [5.74, 6) is 1.28. The van der Waals surface area contributed by atoms with Gasteiger partial charge in [-0.1, -0.05) is 27.7 Å². The smallest absolute Gasteiger partial charge is 0.227 e. The zero-order valence-electron chi connectivity index (χ0n) is 12.3. The summed E-state index contributed by atoms with van der Waals surface area (Å²) in [7, 11) is 0. The molecule has 2 aromatic rings. The van der Waals surface area contributed by atoms with E-state index in [-0.39, 0.29) is 17.8 Å². The van der Waals surface area contributed by atoms with Crippen molar-refractivity contribution in [3.05, 3.63) is 34.6 Å². The van der Waals surface area contributed by atoms with Gasteiger partial charge in [0.15, 0.2) is 17.1 Å². The molecular formula is C14H17BrN4O2S. The highest BCUT2D eigenvalue weighted by molar-refractivity contribution is 9.10. The Hall–Kier alpha value is -1.54. The average molecular weight is 385 g/mol. The van der Waals surface area contributed by atoms with E-state index in [0.29, 0.717) is 11.7 Å². The molecule has 2 N–H and O–H groups in total. The number of carbonyl (C=O) groups is 1. The van der Waals surface area contributed by atoms with Gasteiger partial charge < -0.3 is 15.0 Å². The molecule has 1 atom stereocenters. The number of halogens is 1. The second-order valence-corrected chi connectivity index (χ2v) is 6.41. The molecule has 22 heavy (non-hydrogen) atoms. The molecule has 0 fully saturated rings. The summed E-state index contributed by atoms with van der Waals surface area (Å²) < 4.78 is 8.81. The summed E-state index contributed by atoms with van der Waals surface area (Å²) in [6.07, 6.45) is -0.253. The van der Waals surface area contributed by atoms with Crippen LogP contribution in [0.5, 0.6) is 5.75 Å². The van der Waals surface area contributed by atoms with Crippen LogP contribution in [0.1, 0.15) is 25.8 Å². The molecule has 0 saturated heterocycles. The van der Waals surface area contributed by atoms with Gasteiger partial charge in [0.25, 0.3) is 0 Å². The predicted octanol–water partition coefficient (Wildman–Crippen LogP) is 2.78. The zero-order valence-corrected chi connectivity index (χ0v) is 14.7. The highest BCUT2D eigenvalue weighted by Crippen LogP contribution is 2.25. The summed E-state index contributed by atoms with van der Waals surface area (Å²) in [6, 6.07) is 7.60. The van der Waals surface area contributed by atoms with Crippen molar-refractivity contribution in [1.82, 2.24) is 14.8 Å². The number of nitrogens with two attached hydrogens (primary N) is 1. The first-order valence-electron chi connectivity index (χ1n) is 6.77. The summed E-state index contributed by atoms with van der Waals surface area (Å²) in [4.78, 5) is 10.9. The van der Waals surface area contributed by atoms with Crippen LogP contribution in [0.2, 0.25) is 0 Å². The van der Waals surface area contributed by atoms with E-state index in [1.807, 2.05) is 42.7 Å². The molecule has 1 aromatic heterocycles. The Labute approximate surface area is 141 Å². The molecule has 6 nitrogen and oxygen atoms in total. The first-order valence-corrected chi connectivity index (χ1v) is 8.55. The van der Waals surface area contributed by atoms with E-state index in [4.69, 9.17) is 10.5 Å². The van der Waals surface area contributed by atoms with Gasteiger partial charge in [0.1, 0.15) is 5.75 Å². The van der Waals surface area contributed by atoms with Crippen molar-refractivity contribution in [2.75, 3.05) is 5.75 Å². The summed E-state index contributed by atoms with van der Waals surface area (Å²) in [5.41, 5.74) is 5.17. The minimum atomic E-state index is -0.378. The minimum Gasteiger partial charge on any atom is -0.483 e. The third-order valence-electron chi connectivity index (χ3n) is 2.90. The second-order valence-electron chi connectivity index (χ2n) is 4.55. The lowest BCUT2D eigenvalue weighted by Crippen LogP contribution is -2.15. The van der Waals surface area contributed by atoms with Gasteiger partial charge >= 0.3 is 0 Å². The number of ether oxygens (including phenoxy) is 1. The van der Waals surface area contributed by atoms with Crippen LogP contribution >= 0.6 is 27.7 Å². The Morgan fingerprint density at radius 2 is 2.09 bits per heavy atom. The van der Waals surface area contributed by atoms with E-state index in [1.54, 1.807) is 0 Å². The largest absolute Gasteiger partial charge is 0.483 e. The first-order chi connectivity index (χ1) is 10.5.